The number of hydrogen-bond acceptors (Lipinski definition) is 2. The van der Waals surface area contributed by atoms with Gasteiger partial charge in [0.25, 0.3) is 0 Å². The number of anilines is 1. The summed E-state index contributed by atoms with van der Waals surface area (Å²) in [5.41, 5.74) is 11.2. The fraction of sp³-hybridized carbons (Fsp3) is 0.395. The minimum absolute atomic E-state index is 0.117. The van der Waals surface area contributed by atoms with Crippen molar-refractivity contribution in [1.82, 2.24) is 0 Å². The molecule has 1 heterocycles. The van der Waals surface area contributed by atoms with Crippen LogP contribution in [0.5, 0.6) is 5.75 Å². The van der Waals surface area contributed by atoms with Crippen molar-refractivity contribution in [3.8, 4) is 5.75 Å². The molecule has 1 fully saturated rings. The summed E-state index contributed by atoms with van der Waals surface area (Å²) in [6.45, 7) is 25.8. The van der Waals surface area contributed by atoms with Crippen molar-refractivity contribution in [3.63, 3.8) is 0 Å². The predicted molar refractivity (Wildman–Crippen MR) is 204 cm³/mol. The van der Waals surface area contributed by atoms with Crippen LogP contribution < -0.4 is 9.64 Å². The van der Waals surface area contributed by atoms with Gasteiger partial charge in [0, 0.05) is 17.0 Å². The van der Waals surface area contributed by atoms with Crippen LogP contribution in [0.1, 0.15) is 125 Å². The zero-order valence-electron chi connectivity index (χ0n) is 30.0. The Morgan fingerprint density at radius 1 is 0.771 bits per heavy atom. The van der Waals surface area contributed by atoms with E-state index >= 15 is 0 Å². The second kappa shape index (κ2) is 17.0. The van der Waals surface area contributed by atoms with Crippen LogP contribution in [0.25, 0.3) is 0 Å². The number of nitrogens with zero attached hydrogens (tertiary/aromatic N) is 1. The number of halogens is 2. The Hall–Kier alpha value is -2.45. The zero-order valence-corrected chi connectivity index (χ0v) is 33.2. The fourth-order valence-corrected chi connectivity index (χ4v) is 7.48. The zero-order chi connectivity index (χ0) is 35.1. The number of aryl methyl sites for hydroxylation is 1. The summed E-state index contributed by atoms with van der Waals surface area (Å²) in [6.07, 6.45) is 3.65. The molecule has 2 nitrogen and oxygen atoms in total. The van der Waals surface area contributed by atoms with Crippen molar-refractivity contribution < 1.29 is 19.9 Å². The average Bonchev–Trinajstić information content (AvgIpc) is 3.55. The van der Waals surface area contributed by atoms with E-state index in [2.05, 4.69) is 134 Å². The molecule has 1 aliphatic heterocycles. The molecular formula is C43H53Cl2NORu. The molecule has 0 saturated carbocycles. The molecule has 0 radical (unpaired) electrons. The normalized spacial score (nSPS) is 17.6. The number of ether oxygens (including phenoxy) is 1. The van der Waals surface area contributed by atoms with E-state index in [1.807, 2.05) is 30.3 Å². The Labute approximate surface area is 307 Å². The molecule has 0 N–H and O–H groups in total. The monoisotopic (exact) mass is 771 g/mol. The summed E-state index contributed by atoms with van der Waals surface area (Å²) in [5.74, 6) is 2.42. The molecule has 48 heavy (non-hydrogen) atoms. The van der Waals surface area contributed by atoms with Crippen molar-refractivity contribution in [1.29, 1.82) is 0 Å². The van der Waals surface area contributed by atoms with Gasteiger partial charge in [-0.25, -0.2) is 6.54 Å². The Balaban J connectivity index is 0.000000215. The maximum absolute atomic E-state index is 5.95. The van der Waals surface area contributed by atoms with E-state index in [4.69, 9.17) is 24.1 Å². The molecule has 0 aromatic heterocycles. The molecule has 5 heteroatoms. The molecule has 4 aromatic rings. The molecule has 2 aliphatic rings. The van der Waals surface area contributed by atoms with Crippen LogP contribution in [-0.4, -0.2) is 5.54 Å². The van der Waals surface area contributed by atoms with E-state index in [1.165, 1.54) is 47.2 Å². The maximum atomic E-state index is 5.95. The third kappa shape index (κ3) is 8.82. The summed E-state index contributed by atoms with van der Waals surface area (Å²) in [7, 11) is 9.71. The first-order valence-corrected chi connectivity index (χ1v) is 21.7. The molecule has 0 bridgehead atoms. The molecule has 4 aromatic carbocycles. The summed E-state index contributed by atoms with van der Waals surface area (Å²) in [6, 6.07) is 32.4. The topological polar surface area (TPSA) is 12.5 Å². The third-order valence-electron chi connectivity index (χ3n) is 9.73. The molecule has 1 aliphatic carbocycles. The predicted octanol–water partition coefficient (Wildman–Crippen LogP) is 12.9. The SMILES string of the molecule is CC(C)c1cccc(C(C)C)c1N1[CH-]C2(CCc3ccccc32)CC1(C)C.[CH2-]c1cccc(C(C)C)c1OCc1ccccc1.[Cl][Ru+2][Cl]. The van der Waals surface area contributed by atoms with Crippen molar-refractivity contribution in [3.05, 3.63) is 143 Å². The Kier molecular flexibility index (Phi) is 13.6. The first kappa shape index (κ1) is 38.4. The van der Waals surface area contributed by atoms with Crippen molar-refractivity contribution in [2.75, 3.05) is 4.90 Å². The van der Waals surface area contributed by atoms with Gasteiger partial charge >= 0.3 is 34.5 Å². The summed E-state index contributed by atoms with van der Waals surface area (Å²) >= 11 is -0.346. The molecule has 1 saturated heterocycles. The van der Waals surface area contributed by atoms with Gasteiger partial charge in [0.1, 0.15) is 0 Å². The minimum atomic E-state index is -0.346. The summed E-state index contributed by atoms with van der Waals surface area (Å²) < 4.78 is 5.95. The van der Waals surface area contributed by atoms with Gasteiger partial charge in [-0.3, -0.25) is 0 Å². The van der Waals surface area contributed by atoms with Crippen LogP contribution in [0.3, 0.4) is 0 Å². The van der Waals surface area contributed by atoms with Gasteiger partial charge < -0.3 is 9.64 Å². The Morgan fingerprint density at radius 3 is 1.92 bits per heavy atom. The molecule has 6 rings (SSSR count). The van der Waals surface area contributed by atoms with E-state index in [0.29, 0.717) is 24.4 Å². The van der Waals surface area contributed by atoms with Gasteiger partial charge in [-0.2, -0.15) is 18.6 Å². The van der Waals surface area contributed by atoms with Crippen LogP contribution in [0.2, 0.25) is 0 Å². The Morgan fingerprint density at radius 2 is 1.31 bits per heavy atom. The van der Waals surface area contributed by atoms with E-state index in [0.717, 1.165) is 11.3 Å². The molecule has 1 spiro atoms. The van der Waals surface area contributed by atoms with Crippen LogP contribution >= 0.6 is 19.4 Å². The van der Waals surface area contributed by atoms with Gasteiger partial charge in [0.15, 0.2) is 0 Å². The van der Waals surface area contributed by atoms with Crippen molar-refractivity contribution >= 4 is 25.1 Å². The van der Waals surface area contributed by atoms with Gasteiger partial charge in [-0.15, -0.1) is 11.5 Å². The number of fused-ring (bicyclic) bond motifs is 2. The molecular weight excluding hydrogens is 718 g/mol. The van der Waals surface area contributed by atoms with Crippen LogP contribution in [0.4, 0.5) is 5.69 Å². The number of para-hydroxylation sites is 2. The van der Waals surface area contributed by atoms with E-state index in [1.54, 1.807) is 11.1 Å². The number of rotatable bonds is 7. The van der Waals surface area contributed by atoms with Gasteiger partial charge in [0.2, 0.25) is 0 Å². The molecule has 1 atom stereocenters. The fourth-order valence-electron chi connectivity index (χ4n) is 7.48. The van der Waals surface area contributed by atoms with E-state index in [9.17, 15) is 0 Å². The number of benzene rings is 4. The molecule has 258 valence electrons. The number of hydrogen-bond donors (Lipinski definition) is 0. The Bertz CT molecular complexity index is 1590. The van der Waals surface area contributed by atoms with Gasteiger partial charge in [0.05, 0.1) is 6.61 Å². The van der Waals surface area contributed by atoms with Crippen LogP contribution in [-0.2, 0) is 33.6 Å². The standard InChI is InChI=1S/C26H34N.C17H19O.2ClH.Ru/c1-18(2)21-11-9-12-22(19(3)4)24(21)27-17-26(16-25(27,5)6)15-14-20-10-7-8-13-23(20)26;1-13(2)16-11-7-8-14(3)17(16)18-12-15-9-5-4-6-10-15;;;/h7-13,17-19H,14-16H2,1-6H3;4-11,13H,3,12H2,1-2H3;2*1H;/q2*-1;;;+4/p-2. The molecule has 1 unspecified atom stereocenters. The van der Waals surface area contributed by atoms with Gasteiger partial charge in [-0.05, 0) is 66.7 Å². The first-order valence-electron chi connectivity index (χ1n) is 17.2. The second-order valence-corrected chi connectivity index (χ2v) is 17.3. The van der Waals surface area contributed by atoms with Gasteiger partial charge in [-0.1, -0.05) is 138 Å². The van der Waals surface area contributed by atoms with Crippen LogP contribution in [0.15, 0.2) is 91.0 Å². The average molecular weight is 772 g/mol. The van der Waals surface area contributed by atoms with Crippen molar-refractivity contribution in [2.45, 2.75) is 110 Å². The van der Waals surface area contributed by atoms with E-state index < -0.39 is 0 Å². The van der Waals surface area contributed by atoms with Crippen molar-refractivity contribution in [2.24, 2.45) is 0 Å². The van der Waals surface area contributed by atoms with Crippen LogP contribution in [0, 0.1) is 13.5 Å². The quantitative estimate of drug-likeness (QED) is 0.137. The molecule has 0 amide bonds. The second-order valence-electron chi connectivity index (χ2n) is 14.7. The van der Waals surface area contributed by atoms with E-state index in [-0.39, 0.29) is 26.1 Å². The first-order chi connectivity index (χ1) is 22.8. The third-order valence-corrected chi connectivity index (χ3v) is 9.73. The summed E-state index contributed by atoms with van der Waals surface area (Å²) in [4.78, 5) is 2.65. The summed E-state index contributed by atoms with van der Waals surface area (Å²) in [5, 5.41) is 0.